The number of ether oxygens (including phenoxy) is 1. The molecule has 0 aromatic carbocycles. The highest BCUT2D eigenvalue weighted by Crippen LogP contribution is 2.34. The molecule has 1 aliphatic rings. The van der Waals surface area contributed by atoms with Crippen LogP contribution in [0.2, 0.25) is 0 Å². The number of anilines is 1. The zero-order valence-corrected chi connectivity index (χ0v) is 9.03. The molecule has 0 saturated heterocycles. The van der Waals surface area contributed by atoms with Crippen molar-refractivity contribution in [2.75, 3.05) is 12.4 Å². The van der Waals surface area contributed by atoms with Crippen molar-refractivity contribution in [2.45, 2.75) is 31.4 Å². The normalized spacial score (nSPS) is 29.4. The number of nitrogens with one attached hydrogen (secondary N) is 1. The molecule has 1 aliphatic carbocycles. The van der Waals surface area contributed by atoms with E-state index in [1.165, 1.54) is 0 Å². The van der Waals surface area contributed by atoms with Crippen LogP contribution in [0.3, 0.4) is 0 Å². The Morgan fingerprint density at radius 1 is 1.60 bits per heavy atom. The third kappa shape index (κ3) is 2.04. The van der Waals surface area contributed by atoms with Gasteiger partial charge in [-0.1, -0.05) is 0 Å². The van der Waals surface area contributed by atoms with Crippen LogP contribution >= 0.6 is 0 Å². The molecule has 0 radical (unpaired) electrons. The Morgan fingerprint density at radius 3 is 2.80 bits per heavy atom. The third-order valence-corrected chi connectivity index (χ3v) is 2.98. The molecule has 2 N–H and O–H groups in total. The summed E-state index contributed by atoms with van der Waals surface area (Å²) in [6.07, 6.45) is 3.57. The maximum atomic E-state index is 9.83. The predicted octanol–water partition coefficient (Wildman–Crippen LogP) is 1.42. The fourth-order valence-corrected chi connectivity index (χ4v) is 1.72. The van der Waals surface area contributed by atoms with Crippen LogP contribution in [0, 0.1) is 0 Å². The van der Waals surface area contributed by atoms with Crippen molar-refractivity contribution in [1.29, 1.82) is 0 Å². The highest BCUT2D eigenvalue weighted by Gasteiger charge is 2.40. The van der Waals surface area contributed by atoms with Crippen LogP contribution < -0.4 is 10.1 Å². The number of aromatic nitrogens is 1. The van der Waals surface area contributed by atoms with Gasteiger partial charge in [0.1, 0.15) is 0 Å². The van der Waals surface area contributed by atoms with Gasteiger partial charge >= 0.3 is 0 Å². The van der Waals surface area contributed by atoms with Gasteiger partial charge in [0.15, 0.2) is 0 Å². The van der Waals surface area contributed by atoms with E-state index in [0.29, 0.717) is 5.88 Å². The van der Waals surface area contributed by atoms with Gasteiger partial charge in [-0.15, -0.1) is 0 Å². The Bertz CT molecular complexity index is 335. The van der Waals surface area contributed by atoms with Crippen LogP contribution in [0.5, 0.6) is 5.88 Å². The number of methoxy groups -OCH3 is 1. The first kappa shape index (κ1) is 10.2. The largest absolute Gasteiger partial charge is 0.481 e. The predicted molar refractivity (Wildman–Crippen MR) is 58.1 cm³/mol. The summed E-state index contributed by atoms with van der Waals surface area (Å²) >= 11 is 0. The van der Waals surface area contributed by atoms with E-state index in [1.807, 2.05) is 13.0 Å². The molecule has 1 saturated carbocycles. The van der Waals surface area contributed by atoms with E-state index in [9.17, 15) is 5.11 Å². The van der Waals surface area contributed by atoms with Crippen molar-refractivity contribution >= 4 is 5.69 Å². The van der Waals surface area contributed by atoms with Crippen molar-refractivity contribution < 1.29 is 9.84 Å². The maximum absolute atomic E-state index is 9.83. The van der Waals surface area contributed by atoms with Gasteiger partial charge in [-0.3, -0.25) is 0 Å². The summed E-state index contributed by atoms with van der Waals surface area (Å²) < 4.78 is 4.97. The van der Waals surface area contributed by atoms with Crippen LogP contribution in [0.4, 0.5) is 5.69 Å². The molecule has 1 heterocycles. The topological polar surface area (TPSA) is 54.4 Å². The molecular formula is C11H16N2O2. The molecule has 1 aromatic heterocycles. The van der Waals surface area contributed by atoms with E-state index in [2.05, 4.69) is 10.3 Å². The standard InChI is InChI=1S/C11H16N2O2/c1-11(14)6-5-9(11)13-8-3-4-10(15-2)12-7-8/h3-4,7,9,13-14H,5-6H2,1-2H3/t9-,11-/m0/s1. The Hall–Kier alpha value is -1.29. The van der Waals surface area contributed by atoms with E-state index in [-0.39, 0.29) is 6.04 Å². The average molecular weight is 208 g/mol. The molecule has 82 valence electrons. The number of nitrogens with zero attached hydrogens (tertiary/aromatic N) is 1. The molecule has 2 rings (SSSR count). The molecule has 0 spiro atoms. The minimum Gasteiger partial charge on any atom is -0.481 e. The molecule has 2 atom stereocenters. The highest BCUT2D eigenvalue weighted by atomic mass is 16.5. The smallest absolute Gasteiger partial charge is 0.213 e. The quantitative estimate of drug-likeness (QED) is 0.788. The fourth-order valence-electron chi connectivity index (χ4n) is 1.72. The van der Waals surface area contributed by atoms with Crippen LogP contribution in [0.15, 0.2) is 18.3 Å². The lowest BCUT2D eigenvalue weighted by molar-refractivity contribution is -0.0286. The monoisotopic (exact) mass is 208 g/mol. The zero-order chi connectivity index (χ0) is 10.9. The van der Waals surface area contributed by atoms with Gasteiger partial charge in [0.2, 0.25) is 5.88 Å². The van der Waals surface area contributed by atoms with Crippen LogP contribution in [0.25, 0.3) is 0 Å². The lowest BCUT2D eigenvalue weighted by Gasteiger charge is -2.43. The molecule has 15 heavy (non-hydrogen) atoms. The minimum absolute atomic E-state index is 0.132. The van der Waals surface area contributed by atoms with Crippen molar-refractivity contribution in [2.24, 2.45) is 0 Å². The van der Waals surface area contributed by atoms with Gasteiger partial charge in [-0.2, -0.15) is 0 Å². The second-order valence-corrected chi connectivity index (χ2v) is 4.18. The summed E-state index contributed by atoms with van der Waals surface area (Å²) in [7, 11) is 1.59. The van der Waals surface area contributed by atoms with Gasteiger partial charge in [-0.25, -0.2) is 4.98 Å². The van der Waals surface area contributed by atoms with Gasteiger partial charge in [0.05, 0.1) is 30.6 Å². The summed E-state index contributed by atoms with van der Waals surface area (Å²) in [6, 6.07) is 3.84. The Balaban J connectivity index is 1.99. The van der Waals surface area contributed by atoms with Gasteiger partial charge in [0, 0.05) is 6.07 Å². The van der Waals surface area contributed by atoms with Gasteiger partial charge < -0.3 is 15.2 Å². The number of pyridine rings is 1. The molecule has 0 bridgehead atoms. The number of rotatable bonds is 3. The van der Waals surface area contributed by atoms with Gasteiger partial charge in [-0.05, 0) is 25.8 Å². The highest BCUT2D eigenvalue weighted by molar-refractivity contribution is 5.44. The summed E-state index contributed by atoms with van der Waals surface area (Å²) in [4.78, 5) is 4.09. The second kappa shape index (κ2) is 3.70. The molecule has 4 heteroatoms. The molecule has 0 aliphatic heterocycles. The van der Waals surface area contributed by atoms with Gasteiger partial charge in [0.25, 0.3) is 0 Å². The minimum atomic E-state index is -0.583. The average Bonchev–Trinajstić information content (AvgIpc) is 2.25. The maximum Gasteiger partial charge on any atom is 0.213 e. The molecule has 1 aromatic rings. The lowest BCUT2D eigenvalue weighted by atomic mass is 9.76. The first-order chi connectivity index (χ1) is 7.12. The second-order valence-electron chi connectivity index (χ2n) is 4.18. The van der Waals surface area contributed by atoms with E-state index >= 15 is 0 Å². The summed E-state index contributed by atoms with van der Waals surface area (Å²) in [5.74, 6) is 0.598. The molecule has 0 amide bonds. The van der Waals surface area contributed by atoms with E-state index in [0.717, 1.165) is 18.5 Å². The number of hydrogen-bond acceptors (Lipinski definition) is 4. The van der Waals surface area contributed by atoms with E-state index in [1.54, 1.807) is 19.4 Å². The molecular weight excluding hydrogens is 192 g/mol. The zero-order valence-electron chi connectivity index (χ0n) is 9.03. The van der Waals surface area contributed by atoms with Crippen LogP contribution in [0.1, 0.15) is 19.8 Å². The Labute approximate surface area is 89.3 Å². The van der Waals surface area contributed by atoms with Crippen LogP contribution in [-0.4, -0.2) is 28.8 Å². The Morgan fingerprint density at radius 2 is 2.40 bits per heavy atom. The van der Waals surface area contributed by atoms with E-state index < -0.39 is 5.60 Å². The lowest BCUT2D eigenvalue weighted by Crippen LogP contribution is -2.53. The summed E-state index contributed by atoms with van der Waals surface area (Å²) in [6.45, 7) is 1.85. The number of aliphatic hydroxyl groups is 1. The summed E-state index contributed by atoms with van der Waals surface area (Å²) in [5.41, 5.74) is 0.334. The van der Waals surface area contributed by atoms with Crippen molar-refractivity contribution in [3.63, 3.8) is 0 Å². The Kier molecular flexibility index (Phi) is 2.52. The fraction of sp³-hybridized carbons (Fsp3) is 0.545. The van der Waals surface area contributed by atoms with Crippen molar-refractivity contribution in [1.82, 2.24) is 4.98 Å². The molecule has 1 fully saturated rings. The SMILES string of the molecule is COc1ccc(N[C@H]2CC[C@]2(C)O)cn1. The summed E-state index contributed by atoms with van der Waals surface area (Å²) in [5, 5.41) is 13.1. The molecule has 4 nitrogen and oxygen atoms in total. The van der Waals surface area contributed by atoms with Crippen LogP contribution in [-0.2, 0) is 0 Å². The van der Waals surface area contributed by atoms with E-state index in [4.69, 9.17) is 4.74 Å². The first-order valence-electron chi connectivity index (χ1n) is 5.11. The third-order valence-electron chi connectivity index (χ3n) is 2.98. The first-order valence-corrected chi connectivity index (χ1v) is 5.11. The molecule has 0 unspecified atom stereocenters. The van der Waals surface area contributed by atoms with Crippen molar-refractivity contribution in [3.8, 4) is 5.88 Å². The van der Waals surface area contributed by atoms with Crippen molar-refractivity contribution in [3.05, 3.63) is 18.3 Å². The number of hydrogen-bond donors (Lipinski definition) is 2.